The molecule has 6 nitrogen and oxygen atoms in total. The lowest BCUT2D eigenvalue weighted by atomic mass is 10.1. The molecule has 0 aliphatic carbocycles. The van der Waals surface area contributed by atoms with E-state index < -0.39 is 17.9 Å². The van der Waals surface area contributed by atoms with E-state index in [0.29, 0.717) is 21.8 Å². The van der Waals surface area contributed by atoms with Crippen LogP contribution >= 0.6 is 11.6 Å². The Bertz CT molecular complexity index is 760. The molecule has 24 heavy (non-hydrogen) atoms. The van der Waals surface area contributed by atoms with E-state index in [9.17, 15) is 14.7 Å². The molecule has 0 bridgehead atoms. The van der Waals surface area contributed by atoms with Crippen molar-refractivity contribution in [2.24, 2.45) is 0 Å². The van der Waals surface area contributed by atoms with E-state index in [1.54, 1.807) is 35.9 Å². The maximum absolute atomic E-state index is 12.5. The SMILES string of the molecule is Cc1c(C(=O)NC(C(=O)O)c2ccc(Cl)cc2)cnn1C(C)(C)C. The van der Waals surface area contributed by atoms with Crippen LogP contribution in [-0.4, -0.2) is 26.8 Å². The Morgan fingerprint density at radius 2 is 1.83 bits per heavy atom. The quantitative estimate of drug-likeness (QED) is 0.888. The van der Waals surface area contributed by atoms with E-state index in [1.165, 1.54) is 6.20 Å². The molecule has 2 aromatic rings. The molecule has 1 unspecified atom stereocenters. The number of hydrogen-bond donors (Lipinski definition) is 2. The molecule has 7 heteroatoms. The fourth-order valence-electron chi connectivity index (χ4n) is 2.46. The molecule has 2 N–H and O–H groups in total. The number of carbonyl (C=O) groups excluding carboxylic acids is 1. The molecule has 0 radical (unpaired) electrons. The Balaban J connectivity index is 2.28. The van der Waals surface area contributed by atoms with Crippen molar-refractivity contribution >= 4 is 23.5 Å². The van der Waals surface area contributed by atoms with Crippen molar-refractivity contribution < 1.29 is 14.7 Å². The van der Waals surface area contributed by atoms with Crippen LogP contribution in [-0.2, 0) is 10.3 Å². The Kier molecular flexibility index (Phi) is 4.99. The van der Waals surface area contributed by atoms with Crippen molar-refractivity contribution in [3.05, 3.63) is 52.3 Å². The summed E-state index contributed by atoms with van der Waals surface area (Å²) in [4.78, 5) is 24.0. The highest BCUT2D eigenvalue weighted by molar-refractivity contribution is 6.30. The molecule has 0 aliphatic rings. The highest BCUT2D eigenvalue weighted by atomic mass is 35.5. The molecule has 1 atom stereocenters. The summed E-state index contributed by atoms with van der Waals surface area (Å²) >= 11 is 5.82. The van der Waals surface area contributed by atoms with Gasteiger partial charge in [-0.25, -0.2) is 4.79 Å². The molecule has 1 heterocycles. The molecule has 1 aromatic carbocycles. The molecule has 0 saturated heterocycles. The minimum absolute atomic E-state index is 0.273. The topological polar surface area (TPSA) is 84.2 Å². The second-order valence-electron chi connectivity index (χ2n) is 6.52. The predicted molar refractivity (Wildman–Crippen MR) is 91.3 cm³/mol. The molecular weight excluding hydrogens is 330 g/mol. The van der Waals surface area contributed by atoms with E-state index in [0.717, 1.165) is 0 Å². The summed E-state index contributed by atoms with van der Waals surface area (Å²) in [6.07, 6.45) is 1.46. The Hall–Kier alpha value is -2.34. The number of amides is 1. The average molecular weight is 350 g/mol. The number of halogens is 1. The zero-order chi connectivity index (χ0) is 18.1. The first-order chi connectivity index (χ1) is 11.1. The number of nitrogens with zero attached hydrogens (tertiary/aromatic N) is 2. The fourth-order valence-corrected chi connectivity index (χ4v) is 2.59. The second kappa shape index (κ2) is 6.65. The number of nitrogens with one attached hydrogen (secondary N) is 1. The first-order valence-electron chi connectivity index (χ1n) is 7.45. The van der Waals surface area contributed by atoms with Gasteiger partial charge in [-0.2, -0.15) is 5.10 Å². The number of hydrogen-bond acceptors (Lipinski definition) is 3. The van der Waals surface area contributed by atoms with Crippen molar-refractivity contribution in [1.29, 1.82) is 0 Å². The fraction of sp³-hybridized carbons (Fsp3) is 0.353. The monoisotopic (exact) mass is 349 g/mol. The van der Waals surface area contributed by atoms with Gasteiger partial charge in [0.15, 0.2) is 6.04 Å². The summed E-state index contributed by atoms with van der Waals surface area (Å²) in [5, 5.41) is 16.7. The van der Waals surface area contributed by atoms with Gasteiger partial charge < -0.3 is 10.4 Å². The number of aromatic nitrogens is 2. The zero-order valence-corrected chi connectivity index (χ0v) is 14.8. The number of benzene rings is 1. The van der Waals surface area contributed by atoms with Gasteiger partial charge in [-0.15, -0.1) is 0 Å². The van der Waals surface area contributed by atoms with Gasteiger partial charge in [-0.3, -0.25) is 9.48 Å². The van der Waals surface area contributed by atoms with Crippen molar-refractivity contribution in [3.63, 3.8) is 0 Å². The number of rotatable bonds is 4. The third-order valence-corrected chi connectivity index (χ3v) is 3.87. The zero-order valence-electron chi connectivity index (χ0n) is 14.0. The highest BCUT2D eigenvalue weighted by Crippen LogP contribution is 2.21. The van der Waals surface area contributed by atoms with Gasteiger partial charge in [0.2, 0.25) is 0 Å². The van der Waals surface area contributed by atoms with Gasteiger partial charge in [-0.05, 0) is 45.4 Å². The first kappa shape index (κ1) is 18.0. The molecular formula is C17H20ClN3O3. The minimum Gasteiger partial charge on any atom is -0.479 e. The molecule has 1 amide bonds. The van der Waals surface area contributed by atoms with Gasteiger partial charge in [-0.1, -0.05) is 23.7 Å². The average Bonchev–Trinajstić information content (AvgIpc) is 2.87. The summed E-state index contributed by atoms with van der Waals surface area (Å²) in [5.41, 5.74) is 1.21. The lowest BCUT2D eigenvalue weighted by Gasteiger charge is -2.21. The van der Waals surface area contributed by atoms with E-state index in [2.05, 4.69) is 10.4 Å². The van der Waals surface area contributed by atoms with E-state index >= 15 is 0 Å². The van der Waals surface area contributed by atoms with Crippen LogP contribution in [0.5, 0.6) is 0 Å². The number of carboxylic acids is 1. The van der Waals surface area contributed by atoms with Crippen LogP contribution < -0.4 is 5.32 Å². The van der Waals surface area contributed by atoms with Crippen molar-refractivity contribution in [2.75, 3.05) is 0 Å². The van der Waals surface area contributed by atoms with Crippen LogP contribution in [0.4, 0.5) is 0 Å². The highest BCUT2D eigenvalue weighted by Gasteiger charge is 2.26. The number of carbonyl (C=O) groups is 2. The van der Waals surface area contributed by atoms with Crippen LogP contribution in [0.25, 0.3) is 0 Å². The minimum atomic E-state index is -1.16. The van der Waals surface area contributed by atoms with Crippen LogP contribution in [0.3, 0.4) is 0 Å². The largest absolute Gasteiger partial charge is 0.479 e. The molecule has 0 aliphatic heterocycles. The van der Waals surface area contributed by atoms with Gasteiger partial charge in [0, 0.05) is 10.7 Å². The maximum Gasteiger partial charge on any atom is 0.330 e. The van der Waals surface area contributed by atoms with Crippen molar-refractivity contribution in [3.8, 4) is 0 Å². The van der Waals surface area contributed by atoms with E-state index in [-0.39, 0.29) is 5.54 Å². The molecule has 0 fully saturated rings. The van der Waals surface area contributed by atoms with Gasteiger partial charge in [0.25, 0.3) is 5.91 Å². The lowest BCUT2D eigenvalue weighted by molar-refractivity contribution is -0.139. The Morgan fingerprint density at radius 1 is 1.25 bits per heavy atom. The lowest BCUT2D eigenvalue weighted by Crippen LogP contribution is -2.34. The Morgan fingerprint density at radius 3 is 2.29 bits per heavy atom. The van der Waals surface area contributed by atoms with Crippen LogP contribution in [0.1, 0.15) is 48.4 Å². The van der Waals surface area contributed by atoms with Crippen LogP contribution in [0.2, 0.25) is 5.02 Å². The van der Waals surface area contributed by atoms with Gasteiger partial charge in [0.05, 0.1) is 17.3 Å². The normalized spacial score (nSPS) is 12.7. The summed E-state index contributed by atoms with van der Waals surface area (Å²) in [6.45, 7) is 7.71. The third kappa shape index (κ3) is 3.76. The molecule has 0 saturated carbocycles. The summed E-state index contributed by atoms with van der Waals surface area (Å²) in [5.74, 6) is -1.63. The molecule has 2 rings (SSSR count). The van der Waals surface area contributed by atoms with Crippen LogP contribution in [0.15, 0.2) is 30.5 Å². The maximum atomic E-state index is 12.5. The second-order valence-corrected chi connectivity index (χ2v) is 6.96. The molecule has 0 spiro atoms. The molecule has 1 aromatic heterocycles. The summed E-state index contributed by atoms with van der Waals surface area (Å²) < 4.78 is 1.74. The first-order valence-corrected chi connectivity index (χ1v) is 7.83. The predicted octanol–water partition coefficient (Wildman–Crippen LogP) is 3.16. The van der Waals surface area contributed by atoms with Gasteiger partial charge in [0.1, 0.15) is 0 Å². The number of aliphatic carboxylic acids is 1. The Labute approximate surface area is 145 Å². The number of carboxylic acid groups (broad SMARTS) is 1. The molecule has 128 valence electrons. The van der Waals surface area contributed by atoms with E-state index in [4.69, 9.17) is 11.6 Å². The van der Waals surface area contributed by atoms with Crippen LogP contribution in [0, 0.1) is 6.92 Å². The summed E-state index contributed by atoms with van der Waals surface area (Å²) in [7, 11) is 0. The summed E-state index contributed by atoms with van der Waals surface area (Å²) in [6, 6.07) is 5.16. The van der Waals surface area contributed by atoms with Crippen molar-refractivity contribution in [1.82, 2.24) is 15.1 Å². The van der Waals surface area contributed by atoms with E-state index in [1.807, 2.05) is 20.8 Å². The van der Waals surface area contributed by atoms with Gasteiger partial charge >= 0.3 is 5.97 Å². The smallest absolute Gasteiger partial charge is 0.330 e. The van der Waals surface area contributed by atoms with Crippen molar-refractivity contribution in [2.45, 2.75) is 39.3 Å². The standard InChI is InChI=1S/C17H20ClN3O3/c1-10-13(9-19-21(10)17(2,3)4)15(22)20-14(16(23)24)11-5-7-12(18)8-6-11/h5-9,14H,1-4H3,(H,20,22)(H,23,24). The third-order valence-electron chi connectivity index (χ3n) is 3.62.